The van der Waals surface area contributed by atoms with E-state index in [0.717, 1.165) is 32.5 Å². The van der Waals surface area contributed by atoms with Crippen LogP contribution >= 0.6 is 0 Å². The summed E-state index contributed by atoms with van der Waals surface area (Å²) in [6.45, 7) is 8.26. The van der Waals surface area contributed by atoms with Crippen molar-refractivity contribution in [1.82, 2.24) is 14.9 Å². The van der Waals surface area contributed by atoms with Gasteiger partial charge in [0.1, 0.15) is 0 Å². The van der Waals surface area contributed by atoms with E-state index in [1.165, 1.54) is 12.1 Å². The molecular weight excluding hydrogens is 366 g/mol. The number of rotatable bonds is 8. The van der Waals surface area contributed by atoms with Gasteiger partial charge < -0.3 is 10.1 Å². The third-order valence-electron chi connectivity index (χ3n) is 4.66. The van der Waals surface area contributed by atoms with Crippen molar-refractivity contribution in [3.8, 4) is 0 Å². The van der Waals surface area contributed by atoms with Crippen LogP contribution in [0.5, 0.6) is 0 Å². The molecule has 2 fully saturated rings. The first-order valence-corrected chi connectivity index (χ1v) is 11.1. The van der Waals surface area contributed by atoms with E-state index in [1.54, 1.807) is 12.1 Å². The predicted octanol–water partition coefficient (Wildman–Crippen LogP) is 1.21. The largest absolute Gasteiger partial charge is 0.374 e. The molecule has 0 bridgehead atoms. The van der Waals surface area contributed by atoms with Gasteiger partial charge in [-0.25, -0.2) is 13.1 Å². The Morgan fingerprint density at radius 1 is 1.26 bits per heavy atom. The highest BCUT2D eigenvalue weighted by Gasteiger charge is 2.28. The predicted molar refractivity (Wildman–Crippen MR) is 103 cm³/mol. The van der Waals surface area contributed by atoms with Crippen LogP contribution in [-0.4, -0.2) is 64.2 Å². The molecular formula is C19H29N3O4S. The number of morpholine rings is 1. The summed E-state index contributed by atoms with van der Waals surface area (Å²) in [6.07, 6.45) is 1.75. The van der Waals surface area contributed by atoms with Gasteiger partial charge in [-0.3, -0.25) is 9.69 Å². The van der Waals surface area contributed by atoms with E-state index < -0.39 is 10.0 Å². The fraction of sp³-hybridized carbons (Fsp3) is 0.632. The molecule has 3 rings (SSSR count). The van der Waals surface area contributed by atoms with Crippen molar-refractivity contribution >= 4 is 15.9 Å². The lowest BCUT2D eigenvalue weighted by atomic mass is 10.1. The van der Waals surface area contributed by atoms with Crippen molar-refractivity contribution in [2.45, 2.75) is 43.7 Å². The van der Waals surface area contributed by atoms with E-state index in [4.69, 9.17) is 4.74 Å². The van der Waals surface area contributed by atoms with Crippen molar-refractivity contribution in [3.05, 3.63) is 29.8 Å². The maximum atomic E-state index is 12.4. The lowest BCUT2D eigenvalue weighted by molar-refractivity contribution is -0.0295. The summed E-state index contributed by atoms with van der Waals surface area (Å²) >= 11 is 0. The van der Waals surface area contributed by atoms with Gasteiger partial charge in [-0.2, -0.15) is 0 Å². The second-order valence-corrected chi connectivity index (χ2v) is 9.49. The highest BCUT2D eigenvalue weighted by molar-refractivity contribution is 7.89. The maximum Gasteiger partial charge on any atom is 0.251 e. The van der Waals surface area contributed by atoms with Crippen LogP contribution in [0.15, 0.2) is 29.2 Å². The van der Waals surface area contributed by atoms with Crippen molar-refractivity contribution in [2.75, 3.05) is 32.8 Å². The Hall–Kier alpha value is -1.48. The molecule has 1 saturated heterocycles. The maximum absolute atomic E-state index is 12.4. The smallest absolute Gasteiger partial charge is 0.251 e. The SMILES string of the molecule is CC(C)CN1CCOC(CNC(=O)c2ccc(S(=O)(=O)NC3CC3)cc2)C1. The number of ether oxygens (including phenoxy) is 1. The van der Waals surface area contributed by atoms with Gasteiger partial charge in [0.15, 0.2) is 0 Å². The Bertz CT molecular complexity index is 745. The number of sulfonamides is 1. The van der Waals surface area contributed by atoms with Gasteiger partial charge in [0.05, 0.1) is 17.6 Å². The molecule has 1 unspecified atom stereocenters. The molecule has 1 aliphatic carbocycles. The molecule has 1 saturated carbocycles. The summed E-state index contributed by atoms with van der Waals surface area (Å²) in [5.41, 5.74) is 0.440. The summed E-state index contributed by atoms with van der Waals surface area (Å²) in [7, 11) is -3.49. The molecule has 1 heterocycles. The van der Waals surface area contributed by atoms with Crippen LogP contribution in [-0.2, 0) is 14.8 Å². The van der Waals surface area contributed by atoms with Crippen LogP contribution in [0.2, 0.25) is 0 Å². The fourth-order valence-electron chi connectivity index (χ4n) is 3.17. The quantitative estimate of drug-likeness (QED) is 0.691. The van der Waals surface area contributed by atoms with Crippen LogP contribution < -0.4 is 10.0 Å². The average molecular weight is 396 g/mol. The number of nitrogens with one attached hydrogen (secondary N) is 2. The molecule has 1 amide bonds. The molecule has 27 heavy (non-hydrogen) atoms. The zero-order valence-corrected chi connectivity index (χ0v) is 16.8. The van der Waals surface area contributed by atoms with E-state index in [0.29, 0.717) is 24.6 Å². The third-order valence-corrected chi connectivity index (χ3v) is 6.20. The van der Waals surface area contributed by atoms with Gasteiger partial charge in [-0.1, -0.05) is 13.8 Å². The Kier molecular flexibility index (Phi) is 6.52. The van der Waals surface area contributed by atoms with Crippen LogP contribution in [0.1, 0.15) is 37.0 Å². The first-order valence-electron chi connectivity index (χ1n) is 9.58. The highest BCUT2D eigenvalue weighted by atomic mass is 32.2. The zero-order chi connectivity index (χ0) is 19.4. The summed E-state index contributed by atoms with van der Waals surface area (Å²) in [4.78, 5) is 14.9. The minimum atomic E-state index is -3.49. The van der Waals surface area contributed by atoms with E-state index in [2.05, 4.69) is 28.8 Å². The normalized spacial score (nSPS) is 21.4. The molecule has 1 aliphatic heterocycles. The number of nitrogens with zero attached hydrogens (tertiary/aromatic N) is 1. The minimum Gasteiger partial charge on any atom is -0.374 e. The minimum absolute atomic E-state index is 0.0242. The second kappa shape index (κ2) is 8.68. The second-order valence-electron chi connectivity index (χ2n) is 7.78. The van der Waals surface area contributed by atoms with Gasteiger partial charge in [0, 0.05) is 37.8 Å². The lowest BCUT2D eigenvalue weighted by Crippen LogP contribution is -2.48. The Morgan fingerprint density at radius 3 is 2.59 bits per heavy atom. The van der Waals surface area contributed by atoms with Crippen LogP contribution in [0.4, 0.5) is 0 Å². The van der Waals surface area contributed by atoms with Gasteiger partial charge in [-0.05, 0) is 43.0 Å². The van der Waals surface area contributed by atoms with E-state index in [-0.39, 0.29) is 22.9 Å². The number of hydrogen-bond donors (Lipinski definition) is 2. The summed E-state index contributed by atoms with van der Waals surface area (Å²) in [5.74, 6) is 0.376. The van der Waals surface area contributed by atoms with Gasteiger partial charge in [-0.15, -0.1) is 0 Å². The molecule has 1 aromatic rings. The molecule has 0 aromatic heterocycles. The number of benzene rings is 1. The van der Waals surface area contributed by atoms with Crippen molar-refractivity contribution < 1.29 is 17.9 Å². The first-order chi connectivity index (χ1) is 12.8. The van der Waals surface area contributed by atoms with E-state index >= 15 is 0 Å². The molecule has 150 valence electrons. The number of amides is 1. The molecule has 8 heteroatoms. The summed E-state index contributed by atoms with van der Waals surface area (Å²) in [5, 5.41) is 2.89. The topological polar surface area (TPSA) is 87.7 Å². The summed E-state index contributed by atoms with van der Waals surface area (Å²) < 4.78 is 32.7. The van der Waals surface area contributed by atoms with Gasteiger partial charge in [0.2, 0.25) is 10.0 Å². The average Bonchev–Trinajstić information content (AvgIpc) is 3.43. The molecule has 2 N–H and O–H groups in total. The zero-order valence-electron chi connectivity index (χ0n) is 16.0. The first kappa shape index (κ1) is 20.3. The van der Waals surface area contributed by atoms with Crippen molar-refractivity contribution in [1.29, 1.82) is 0 Å². The van der Waals surface area contributed by atoms with Gasteiger partial charge in [0.25, 0.3) is 5.91 Å². The van der Waals surface area contributed by atoms with Gasteiger partial charge >= 0.3 is 0 Å². The molecule has 2 aliphatic rings. The molecule has 1 atom stereocenters. The molecule has 0 radical (unpaired) electrons. The number of carbonyl (C=O) groups is 1. The van der Waals surface area contributed by atoms with Crippen LogP contribution in [0.25, 0.3) is 0 Å². The lowest BCUT2D eigenvalue weighted by Gasteiger charge is -2.33. The number of carbonyl (C=O) groups excluding carboxylic acids is 1. The Labute approximate surface area is 161 Å². The molecule has 0 spiro atoms. The van der Waals surface area contributed by atoms with E-state index in [9.17, 15) is 13.2 Å². The van der Waals surface area contributed by atoms with E-state index in [1.807, 2.05) is 0 Å². The molecule has 7 nitrogen and oxygen atoms in total. The Balaban J connectivity index is 1.50. The van der Waals surface area contributed by atoms with Crippen molar-refractivity contribution in [3.63, 3.8) is 0 Å². The third kappa shape index (κ3) is 6.00. The van der Waals surface area contributed by atoms with Crippen molar-refractivity contribution in [2.24, 2.45) is 5.92 Å². The van der Waals surface area contributed by atoms with Crippen LogP contribution in [0.3, 0.4) is 0 Å². The summed E-state index contributed by atoms with van der Waals surface area (Å²) in [6, 6.07) is 6.10. The monoisotopic (exact) mass is 395 g/mol. The standard InChI is InChI=1S/C19H29N3O4S/c1-14(2)12-22-9-10-26-17(13-22)11-20-19(23)15-3-7-18(8-4-15)27(24,25)21-16-5-6-16/h3-4,7-8,14,16-17,21H,5-6,9-13H2,1-2H3,(H,20,23). The Morgan fingerprint density at radius 2 is 1.96 bits per heavy atom. The van der Waals surface area contributed by atoms with Crippen LogP contribution in [0, 0.1) is 5.92 Å². The number of hydrogen-bond acceptors (Lipinski definition) is 5. The fourth-order valence-corrected chi connectivity index (χ4v) is 4.47. The molecule has 1 aromatic carbocycles. The highest BCUT2D eigenvalue weighted by Crippen LogP contribution is 2.22.